The molecule has 7 heteroatoms. The number of hydrogen-bond acceptors (Lipinski definition) is 7. The highest BCUT2D eigenvalue weighted by atomic mass is 16.5. The predicted molar refractivity (Wildman–Crippen MR) is 113 cm³/mol. The molecule has 0 radical (unpaired) electrons. The first kappa shape index (κ1) is 19.4. The first-order valence-corrected chi connectivity index (χ1v) is 9.49. The predicted octanol–water partition coefficient (Wildman–Crippen LogP) is 4.88. The molecule has 0 saturated heterocycles. The average molecular weight is 403 g/mol. The fourth-order valence-corrected chi connectivity index (χ4v) is 3.06. The molecule has 0 aliphatic heterocycles. The summed E-state index contributed by atoms with van der Waals surface area (Å²) in [6, 6.07) is 19.0. The second-order valence-corrected chi connectivity index (χ2v) is 6.33. The summed E-state index contributed by atoms with van der Waals surface area (Å²) >= 11 is 0. The fraction of sp³-hybridized carbons (Fsp3) is 0.174. The van der Waals surface area contributed by atoms with E-state index in [4.69, 9.17) is 18.7 Å². The first-order chi connectivity index (χ1) is 14.7. The van der Waals surface area contributed by atoms with E-state index in [-0.39, 0.29) is 0 Å². The molecule has 7 nitrogen and oxygen atoms in total. The molecule has 0 aliphatic rings. The molecule has 4 rings (SSSR count). The number of aromatic nitrogens is 3. The Morgan fingerprint density at radius 1 is 0.833 bits per heavy atom. The van der Waals surface area contributed by atoms with Crippen molar-refractivity contribution in [2.75, 3.05) is 20.8 Å². The highest BCUT2D eigenvalue weighted by Crippen LogP contribution is 2.33. The van der Waals surface area contributed by atoms with Crippen LogP contribution in [0.2, 0.25) is 0 Å². The van der Waals surface area contributed by atoms with Crippen LogP contribution >= 0.6 is 0 Å². The third-order valence-corrected chi connectivity index (χ3v) is 4.52. The van der Waals surface area contributed by atoms with Crippen molar-refractivity contribution in [3.8, 4) is 51.5 Å². The molecule has 0 bridgehead atoms. The number of nitrogens with zero attached hydrogens (tertiary/aromatic N) is 3. The van der Waals surface area contributed by atoms with Crippen molar-refractivity contribution in [3.63, 3.8) is 0 Å². The molecule has 4 aromatic rings. The summed E-state index contributed by atoms with van der Waals surface area (Å²) in [5.41, 5.74) is 3.09. The van der Waals surface area contributed by atoms with Crippen LogP contribution in [0.25, 0.3) is 34.1 Å². The van der Waals surface area contributed by atoms with Crippen molar-refractivity contribution in [2.45, 2.75) is 6.92 Å². The zero-order valence-corrected chi connectivity index (χ0v) is 17.0. The van der Waals surface area contributed by atoms with E-state index in [0.29, 0.717) is 35.5 Å². The lowest BCUT2D eigenvalue weighted by Gasteiger charge is -2.08. The number of hydrogen-bond donors (Lipinski definition) is 0. The minimum Gasteiger partial charge on any atom is -0.497 e. The van der Waals surface area contributed by atoms with Gasteiger partial charge in [0.15, 0.2) is 0 Å². The van der Waals surface area contributed by atoms with Crippen molar-refractivity contribution in [1.82, 2.24) is 15.1 Å². The normalized spacial score (nSPS) is 10.6. The van der Waals surface area contributed by atoms with E-state index in [1.54, 1.807) is 14.2 Å². The van der Waals surface area contributed by atoms with Crippen molar-refractivity contribution in [3.05, 3.63) is 60.7 Å². The molecular formula is C23H21N3O4. The van der Waals surface area contributed by atoms with Crippen LogP contribution in [0.15, 0.2) is 65.2 Å². The molecule has 0 fully saturated rings. The van der Waals surface area contributed by atoms with Gasteiger partial charge in [0.2, 0.25) is 11.7 Å². The Morgan fingerprint density at radius 2 is 1.63 bits per heavy atom. The summed E-state index contributed by atoms with van der Waals surface area (Å²) in [6.45, 7) is 2.47. The molecule has 0 saturated carbocycles. The largest absolute Gasteiger partial charge is 0.497 e. The second kappa shape index (κ2) is 8.65. The lowest BCUT2D eigenvalue weighted by Crippen LogP contribution is -1.95. The Kier molecular flexibility index (Phi) is 5.61. The molecule has 2 aromatic carbocycles. The smallest absolute Gasteiger partial charge is 0.262 e. The Labute approximate surface area is 174 Å². The lowest BCUT2D eigenvalue weighted by molar-refractivity contribution is 0.339. The fourth-order valence-electron chi connectivity index (χ4n) is 3.06. The second-order valence-electron chi connectivity index (χ2n) is 6.33. The van der Waals surface area contributed by atoms with Crippen LogP contribution in [0, 0.1) is 0 Å². The topological polar surface area (TPSA) is 79.5 Å². The van der Waals surface area contributed by atoms with Crippen LogP contribution in [0.3, 0.4) is 0 Å². The van der Waals surface area contributed by atoms with Crippen LogP contribution < -0.4 is 14.2 Å². The molecule has 0 atom stereocenters. The Morgan fingerprint density at radius 3 is 2.37 bits per heavy atom. The molecule has 0 amide bonds. The van der Waals surface area contributed by atoms with Crippen molar-refractivity contribution >= 4 is 0 Å². The van der Waals surface area contributed by atoms with Gasteiger partial charge in [0, 0.05) is 5.56 Å². The van der Waals surface area contributed by atoms with Gasteiger partial charge in [-0.25, -0.2) is 4.98 Å². The summed E-state index contributed by atoms with van der Waals surface area (Å²) < 4.78 is 21.9. The highest BCUT2D eigenvalue weighted by Gasteiger charge is 2.18. The third kappa shape index (κ3) is 3.82. The highest BCUT2D eigenvalue weighted by molar-refractivity contribution is 5.70. The molecule has 0 aliphatic carbocycles. The molecule has 2 heterocycles. The molecule has 0 spiro atoms. The minimum absolute atomic E-state index is 0.371. The van der Waals surface area contributed by atoms with Gasteiger partial charge in [0.25, 0.3) is 5.89 Å². The quantitative estimate of drug-likeness (QED) is 0.435. The van der Waals surface area contributed by atoms with E-state index >= 15 is 0 Å². The van der Waals surface area contributed by atoms with Crippen LogP contribution in [0.1, 0.15) is 6.92 Å². The van der Waals surface area contributed by atoms with E-state index in [2.05, 4.69) is 15.1 Å². The van der Waals surface area contributed by atoms with E-state index in [1.807, 2.05) is 67.6 Å². The maximum atomic E-state index is 5.66. The van der Waals surface area contributed by atoms with Gasteiger partial charge in [-0.15, -0.1) is 0 Å². The summed E-state index contributed by atoms with van der Waals surface area (Å²) in [4.78, 5) is 9.15. The standard InChI is InChI=1S/C23H21N3O4/c1-4-29-20-8-6-5-7-17(20)23-25-21(26-30-23)18-13-14-19(24-22(18)28-3)15-9-11-16(27-2)12-10-15/h5-14H,4H2,1-3H3. The van der Waals surface area contributed by atoms with Gasteiger partial charge >= 0.3 is 0 Å². The number of benzene rings is 2. The Balaban J connectivity index is 1.68. The van der Waals surface area contributed by atoms with Crippen molar-refractivity contribution in [1.29, 1.82) is 0 Å². The molecular weight excluding hydrogens is 382 g/mol. The minimum atomic E-state index is 0.371. The van der Waals surface area contributed by atoms with Gasteiger partial charge in [-0.2, -0.15) is 4.98 Å². The molecule has 30 heavy (non-hydrogen) atoms. The zero-order valence-electron chi connectivity index (χ0n) is 17.0. The molecule has 0 N–H and O–H groups in total. The summed E-state index contributed by atoms with van der Waals surface area (Å²) in [5, 5.41) is 4.12. The van der Waals surface area contributed by atoms with E-state index in [9.17, 15) is 0 Å². The summed E-state index contributed by atoms with van der Waals surface area (Å²) in [5.74, 6) is 2.65. The number of para-hydroxylation sites is 1. The van der Waals surface area contributed by atoms with Crippen molar-refractivity contribution in [2.24, 2.45) is 0 Å². The number of rotatable bonds is 7. The SMILES string of the molecule is CCOc1ccccc1-c1nc(-c2ccc(-c3ccc(OC)cc3)nc2OC)no1. The monoisotopic (exact) mass is 403 g/mol. The van der Waals surface area contributed by atoms with Crippen LogP contribution in [0.4, 0.5) is 0 Å². The van der Waals surface area contributed by atoms with Crippen LogP contribution in [0.5, 0.6) is 17.4 Å². The van der Waals surface area contributed by atoms with Gasteiger partial charge < -0.3 is 18.7 Å². The number of pyridine rings is 1. The van der Waals surface area contributed by atoms with Gasteiger partial charge in [-0.3, -0.25) is 0 Å². The van der Waals surface area contributed by atoms with E-state index < -0.39 is 0 Å². The Hall–Kier alpha value is -3.87. The summed E-state index contributed by atoms with van der Waals surface area (Å²) in [6.07, 6.45) is 0. The van der Waals surface area contributed by atoms with Crippen LogP contribution in [-0.2, 0) is 0 Å². The van der Waals surface area contributed by atoms with Crippen molar-refractivity contribution < 1.29 is 18.7 Å². The Bertz CT molecular complexity index is 1140. The zero-order chi connectivity index (χ0) is 20.9. The van der Waals surface area contributed by atoms with E-state index in [1.165, 1.54) is 0 Å². The van der Waals surface area contributed by atoms with E-state index in [0.717, 1.165) is 22.6 Å². The lowest BCUT2D eigenvalue weighted by atomic mass is 10.1. The third-order valence-electron chi connectivity index (χ3n) is 4.52. The average Bonchev–Trinajstić information content (AvgIpc) is 3.29. The maximum Gasteiger partial charge on any atom is 0.262 e. The molecule has 2 aromatic heterocycles. The summed E-state index contributed by atoms with van der Waals surface area (Å²) in [7, 11) is 3.20. The number of methoxy groups -OCH3 is 2. The number of ether oxygens (including phenoxy) is 3. The van der Waals surface area contributed by atoms with Gasteiger partial charge in [0.05, 0.1) is 37.6 Å². The van der Waals surface area contributed by atoms with Gasteiger partial charge in [-0.05, 0) is 55.5 Å². The molecule has 0 unspecified atom stereocenters. The first-order valence-electron chi connectivity index (χ1n) is 9.49. The van der Waals surface area contributed by atoms with Crippen LogP contribution in [-0.4, -0.2) is 36.0 Å². The van der Waals surface area contributed by atoms with Gasteiger partial charge in [-0.1, -0.05) is 17.3 Å². The molecule has 152 valence electrons. The maximum absolute atomic E-state index is 5.66. The van der Waals surface area contributed by atoms with Gasteiger partial charge in [0.1, 0.15) is 11.5 Å².